The second kappa shape index (κ2) is 3.92. The first-order valence-electron chi connectivity index (χ1n) is 5.28. The topological polar surface area (TPSA) is 64.2 Å². The monoisotopic (exact) mass is 208 g/mol. The van der Waals surface area contributed by atoms with Crippen LogP contribution in [0, 0.1) is 0 Å². The number of carbonyl (C=O) groups excluding carboxylic acids is 1. The van der Waals surface area contributed by atoms with Crippen LogP contribution in [0.1, 0.15) is 19.8 Å². The van der Waals surface area contributed by atoms with Crippen LogP contribution in [0.4, 0.5) is 5.95 Å². The van der Waals surface area contributed by atoms with Crippen LogP contribution in [0.5, 0.6) is 0 Å². The van der Waals surface area contributed by atoms with Gasteiger partial charge >= 0.3 is 0 Å². The third kappa shape index (κ3) is 2.11. The average Bonchev–Trinajstić information content (AvgIpc) is 2.95. The van der Waals surface area contributed by atoms with Gasteiger partial charge in [0.15, 0.2) is 0 Å². The van der Waals surface area contributed by atoms with Gasteiger partial charge in [0.1, 0.15) is 6.54 Å². The highest BCUT2D eigenvalue weighted by atomic mass is 16.2. The Morgan fingerprint density at radius 1 is 1.73 bits per heavy atom. The molecule has 5 nitrogen and oxygen atoms in total. The normalized spacial score (nSPS) is 15.3. The molecule has 1 heterocycles. The number of carbonyl (C=O) groups is 1. The Balaban J connectivity index is 1.99. The van der Waals surface area contributed by atoms with Crippen molar-refractivity contribution in [3.05, 3.63) is 12.4 Å². The summed E-state index contributed by atoms with van der Waals surface area (Å²) in [4.78, 5) is 17.7. The quantitative estimate of drug-likeness (QED) is 0.782. The van der Waals surface area contributed by atoms with Crippen LogP contribution in [0.15, 0.2) is 12.4 Å². The summed E-state index contributed by atoms with van der Waals surface area (Å²) < 4.78 is 1.67. The Kier molecular flexibility index (Phi) is 2.62. The highest BCUT2D eigenvalue weighted by Gasteiger charge is 2.31. The lowest BCUT2D eigenvalue weighted by Gasteiger charge is -2.20. The van der Waals surface area contributed by atoms with Gasteiger partial charge in [0, 0.05) is 25.0 Å². The van der Waals surface area contributed by atoms with E-state index in [1.54, 1.807) is 17.0 Å². The molecule has 82 valence electrons. The second-order valence-electron chi connectivity index (χ2n) is 3.82. The smallest absolute Gasteiger partial charge is 0.242 e. The van der Waals surface area contributed by atoms with E-state index in [1.807, 2.05) is 11.8 Å². The third-order valence-corrected chi connectivity index (χ3v) is 2.70. The second-order valence-corrected chi connectivity index (χ2v) is 3.82. The van der Waals surface area contributed by atoms with Gasteiger partial charge in [-0.25, -0.2) is 4.98 Å². The van der Waals surface area contributed by atoms with E-state index in [0.717, 1.165) is 19.4 Å². The summed E-state index contributed by atoms with van der Waals surface area (Å²) >= 11 is 0. The molecule has 5 heteroatoms. The number of hydrogen-bond donors (Lipinski definition) is 1. The standard InChI is InChI=1S/C10H16N4O/c1-2-14(8-3-4-8)9(15)7-13-6-5-12-10(13)11/h5-6,8H,2-4,7H2,1H3,(H2,11,12). The summed E-state index contributed by atoms with van der Waals surface area (Å²) in [5.41, 5.74) is 5.60. The predicted octanol–water partition coefficient (Wildman–Crippen LogP) is 0.476. The number of anilines is 1. The molecule has 1 aromatic heterocycles. The van der Waals surface area contributed by atoms with Crippen molar-refractivity contribution in [2.45, 2.75) is 32.4 Å². The molecular weight excluding hydrogens is 192 g/mol. The van der Waals surface area contributed by atoms with Crippen molar-refractivity contribution in [2.75, 3.05) is 12.3 Å². The van der Waals surface area contributed by atoms with Gasteiger partial charge in [-0.2, -0.15) is 0 Å². The molecule has 1 saturated carbocycles. The van der Waals surface area contributed by atoms with Gasteiger partial charge in [0.25, 0.3) is 0 Å². The zero-order chi connectivity index (χ0) is 10.8. The van der Waals surface area contributed by atoms with E-state index in [0.29, 0.717) is 18.5 Å². The minimum absolute atomic E-state index is 0.129. The van der Waals surface area contributed by atoms with E-state index in [9.17, 15) is 4.79 Å². The van der Waals surface area contributed by atoms with Gasteiger partial charge in [0.2, 0.25) is 11.9 Å². The first kappa shape index (κ1) is 10.0. The molecule has 0 bridgehead atoms. The number of aromatic nitrogens is 2. The van der Waals surface area contributed by atoms with Crippen molar-refractivity contribution in [2.24, 2.45) is 0 Å². The predicted molar refractivity (Wildman–Crippen MR) is 57.0 cm³/mol. The lowest BCUT2D eigenvalue weighted by molar-refractivity contribution is -0.132. The fourth-order valence-corrected chi connectivity index (χ4v) is 1.74. The number of nitrogens with two attached hydrogens (primary N) is 1. The van der Waals surface area contributed by atoms with Crippen LogP contribution in [0.3, 0.4) is 0 Å². The Morgan fingerprint density at radius 2 is 2.47 bits per heavy atom. The summed E-state index contributed by atoms with van der Waals surface area (Å²) in [6.45, 7) is 3.09. The maximum atomic E-state index is 11.9. The van der Waals surface area contributed by atoms with Crippen molar-refractivity contribution >= 4 is 11.9 Å². The molecule has 1 aliphatic rings. The molecule has 2 N–H and O–H groups in total. The summed E-state index contributed by atoms with van der Waals surface area (Å²) in [5, 5.41) is 0. The van der Waals surface area contributed by atoms with E-state index in [4.69, 9.17) is 5.73 Å². The summed E-state index contributed by atoms with van der Waals surface area (Å²) in [6.07, 6.45) is 5.61. The van der Waals surface area contributed by atoms with Gasteiger partial charge in [-0.05, 0) is 19.8 Å². The molecule has 0 aliphatic heterocycles. The van der Waals surface area contributed by atoms with E-state index < -0.39 is 0 Å². The molecule has 15 heavy (non-hydrogen) atoms. The molecule has 1 aromatic rings. The Bertz CT molecular complexity index is 356. The minimum Gasteiger partial charge on any atom is -0.369 e. The minimum atomic E-state index is 0.129. The van der Waals surface area contributed by atoms with Crippen molar-refractivity contribution in [3.63, 3.8) is 0 Å². The molecule has 1 fully saturated rings. The average molecular weight is 208 g/mol. The molecule has 0 spiro atoms. The van der Waals surface area contributed by atoms with Crippen LogP contribution in [-0.4, -0.2) is 32.9 Å². The summed E-state index contributed by atoms with van der Waals surface area (Å²) in [7, 11) is 0. The molecule has 0 saturated heterocycles. The number of amides is 1. The molecule has 0 unspecified atom stereocenters. The number of likely N-dealkylation sites (N-methyl/N-ethyl adjacent to an activating group) is 1. The van der Waals surface area contributed by atoms with Crippen LogP contribution in [0.2, 0.25) is 0 Å². The maximum Gasteiger partial charge on any atom is 0.242 e. The molecule has 2 rings (SSSR count). The lowest BCUT2D eigenvalue weighted by Crippen LogP contribution is -2.35. The van der Waals surface area contributed by atoms with E-state index >= 15 is 0 Å². The van der Waals surface area contributed by atoms with Crippen LogP contribution < -0.4 is 5.73 Å². The fraction of sp³-hybridized carbons (Fsp3) is 0.600. The third-order valence-electron chi connectivity index (χ3n) is 2.70. The van der Waals surface area contributed by atoms with Crippen molar-refractivity contribution in [1.29, 1.82) is 0 Å². The molecule has 0 atom stereocenters. The van der Waals surface area contributed by atoms with Crippen molar-refractivity contribution in [1.82, 2.24) is 14.5 Å². The molecule has 1 aliphatic carbocycles. The van der Waals surface area contributed by atoms with Crippen LogP contribution in [0.25, 0.3) is 0 Å². The molecular formula is C10H16N4O. The first-order chi connectivity index (χ1) is 7.22. The number of rotatable bonds is 4. The number of nitrogen functional groups attached to an aromatic ring is 1. The zero-order valence-corrected chi connectivity index (χ0v) is 8.89. The Hall–Kier alpha value is -1.52. The number of hydrogen-bond acceptors (Lipinski definition) is 3. The Morgan fingerprint density at radius 3 is 2.93 bits per heavy atom. The summed E-state index contributed by atoms with van der Waals surface area (Å²) in [5.74, 6) is 0.528. The van der Waals surface area contributed by atoms with Gasteiger partial charge in [-0.15, -0.1) is 0 Å². The first-order valence-corrected chi connectivity index (χ1v) is 5.28. The largest absolute Gasteiger partial charge is 0.369 e. The maximum absolute atomic E-state index is 11.9. The lowest BCUT2D eigenvalue weighted by atomic mass is 10.4. The van der Waals surface area contributed by atoms with E-state index in [1.165, 1.54) is 0 Å². The van der Waals surface area contributed by atoms with Crippen molar-refractivity contribution < 1.29 is 4.79 Å². The van der Waals surface area contributed by atoms with Gasteiger partial charge in [0.05, 0.1) is 0 Å². The van der Waals surface area contributed by atoms with Crippen LogP contribution in [-0.2, 0) is 11.3 Å². The number of nitrogens with zero attached hydrogens (tertiary/aromatic N) is 3. The molecule has 0 radical (unpaired) electrons. The zero-order valence-electron chi connectivity index (χ0n) is 8.89. The Labute approximate surface area is 88.9 Å². The van der Waals surface area contributed by atoms with Gasteiger partial charge in [-0.1, -0.05) is 0 Å². The molecule has 1 amide bonds. The SMILES string of the molecule is CCN(C(=O)Cn1ccnc1N)C1CC1. The van der Waals surface area contributed by atoms with Gasteiger partial charge < -0.3 is 15.2 Å². The van der Waals surface area contributed by atoms with Crippen molar-refractivity contribution in [3.8, 4) is 0 Å². The summed E-state index contributed by atoms with van der Waals surface area (Å²) in [6, 6.07) is 0.465. The highest BCUT2D eigenvalue weighted by Crippen LogP contribution is 2.26. The van der Waals surface area contributed by atoms with E-state index in [2.05, 4.69) is 4.98 Å². The highest BCUT2D eigenvalue weighted by molar-refractivity contribution is 5.77. The van der Waals surface area contributed by atoms with E-state index in [-0.39, 0.29) is 5.91 Å². The number of imidazole rings is 1. The fourth-order valence-electron chi connectivity index (χ4n) is 1.74. The molecule has 0 aromatic carbocycles. The van der Waals surface area contributed by atoms with Crippen LogP contribution >= 0.6 is 0 Å². The van der Waals surface area contributed by atoms with Gasteiger partial charge in [-0.3, -0.25) is 4.79 Å².